The van der Waals surface area contributed by atoms with E-state index >= 15 is 0 Å². The maximum absolute atomic E-state index is 13.4. The highest BCUT2D eigenvalue weighted by atomic mass is 19.1. The fourth-order valence-corrected chi connectivity index (χ4v) is 2.24. The van der Waals surface area contributed by atoms with Crippen LogP contribution < -0.4 is 5.32 Å². The van der Waals surface area contributed by atoms with Gasteiger partial charge >= 0.3 is 0 Å². The zero-order valence-electron chi connectivity index (χ0n) is 11.0. The van der Waals surface area contributed by atoms with E-state index in [1.165, 1.54) is 12.1 Å². The second-order valence-electron chi connectivity index (χ2n) is 4.96. The van der Waals surface area contributed by atoms with E-state index in [1.807, 2.05) is 11.8 Å². The Labute approximate surface area is 111 Å². The van der Waals surface area contributed by atoms with Crippen molar-refractivity contribution in [3.05, 3.63) is 35.4 Å². The number of halogens is 2. The lowest BCUT2D eigenvalue weighted by Crippen LogP contribution is -2.39. The van der Waals surface area contributed by atoms with Crippen LogP contribution in [-0.2, 0) is 11.3 Å². The summed E-state index contributed by atoms with van der Waals surface area (Å²) in [6.07, 6.45) is 1.54. The van der Waals surface area contributed by atoms with Gasteiger partial charge in [0.15, 0.2) is 0 Å². The molecule has 0 radical (unpaired) electrons. The summed E-state index contributed by atoms with van der Waals surface area (Å²) in [6, 6.07) is 3.64. The summed E-state index contributed by atoms with van der Waals surface area (Å²) >= 11 is 0. The number of nitrogens with one attached hydrogen (secondary N) is 1. The molecule has 1 aromatic carbocycles. The van der Waals surface area contributed by atoms with Crippen LogP contribution in [0.3, 0.4) is 0 Å². The van der Waals surface area contributed by atoms with E-state index in [1.54, 1.807) is 0 Å². The van der Waals surface area contributed by atoms with Gasteiger partial charge < -0.3 is 10.2 Å². The van der Waals surface area contributed by atoms with Crippen molar-refractivity contribution < 1.29 is 13.6 Å². The molecule has 3 nitrogen and oxygen atoms in total. The Bertz CT molecular complexity index is 465. The quantitative estimate of drug-likeness (QED) is 0.886. The molecule has 0 spiro atoms. The zero-order chi connectivity index (χ0) is 13.8. The molecule has 1 aliphatic rings. The van der Waals surface area contributed by atoms with Crippen LogP contribution in [0.1, 0.15) is 25.3 Å². The zero-order valence-corrected chi connectivity index (χ0v) is 11.0. The number of carbonyl (C=O) groups excluding carboxylic acids is 1. The lowest BCUT2D eigenvalue weighted by molar-refractivity contribution is -0.127. The van der Waals surface area contributed by atoms with E-state index in [-0.39, 0.29) is 11.9 Å². The van der Waals surface area contributed by atoms with Gasteiger partial charge in [-0.1, -0.05) is 6.07 Å². The second kappa shape index (κ2) is 6.10. The van der Waals surface area contributed by atoms with Crippen LogP contribution in [0.5, 0.6) is 0 Å². The standard InChI is InChI=1S/C14H18F2N2O/c1-10(9-18-6-2-3-14(18)19)17-8-11-4-5-12(15)7-13(11)16/h4-5,7,10,17H,2-3,6,8-9H2,1H3. The number of hydrogen-bond acceptors (Lipinski definition) is 2. The Morgan fingerprint density at radius 2 is 2.21 bits per heavy atom. The first-order chi connectivity index (χ1) is 9.06. The van der Waals surface area contributed by atoms with E-state index in [9.17, 15) is 13.6 Å². The van der Waals surface area contributed by atoms with Gasteiger partial charge in [-0.05, 0) is 19.4 Å². The van der Waals surface area contributed by atoms with Gasteiger partial charge in [0.05, 0.1) is 0 Å². The number of rotatable bonds is 5. The van der Waals surface area contributed by atoms with Crippen LogP contribution in [-0.4, -0.2) is 29.9 Å². The summed E-state index contributed by atoms with van der Waals surface area (Å²) in [5.74, 6) is -0.935. The largest absolute Gasteiger partial charge is 0.341 e. The first kappa shape index (κ1) is 13.9. The van der Waals surface area contributed by atoms with Crippen LogP contribution in [0.4, 0.5) is 8.78 Å². The highest BCUT2D eigenvalue weighted by molar-refractivity contribution is 5.78. The van der Waals surface area contributed by atoms with Gasteiger partial charge in [0.25, 0.3) is 0 Å². The fourth-order valence-electron chi connectivity index (χ4n) is 2.24. The lowest BCUT2D eigenvalue weighted by Gasteiger charge is -2.21. The molecule has 0 aliphatic carbocycles. The first-order valence-electron chi connectivity index (χ1n) is 6.51. The van der Waals surface area contributed by atoms with Gasteiger partial charge in [0.1, 0.15) is 11.6 Å². The van der Waals surface area contributed by atoms with Crippen molar-refractivity contribution in [1.29, 1.82) is 0 Å². The Morgan fingerprint density at radius 3 is 2.84 bits per heavy atom. The molecular weight excluding hydrogens is 250 g/mol. The Hall–Kier alpha value is -1.49. The number of carbonyl (C=O) groups is 1. The number of hydrogen-bond donors (Lipinski definition) is 1. The van der Waals surface area contributed by atoms with Gasteiger partial charge in [-0.2, -0.15) is 0 Å². The summed E-state index contributed by atoms with van der Waals surface area (Å²) in [5, 5.41) is 3.15. The third-order valence-corrected chi connectivity index (χ3v) is 3.32. The third kappa shape index (κ3) is 3.73. The minimum Gasteiger partial charge on any atom is -0.341 e. The van der Waals surface area contributed by atoms with Gasteiger partial charge in [-0.3, -0.25) is 4.79 Å². The van der Waals surface area contributed by atoms with Crippen LogP contribution in [0.2, 0.25) is 0 Å². The monoisotopic (exact) mass is 268 g/mol. The predicted molar refractivity (Wildman–Crippen MR) is 68.5 cm³/mol. The number of amides is 1. The van der Waals surface area contributed by atoms with E-state index in [0.29, 0.717) is 25.1 Å². The van der Waals surface area contributed by atoms with Crippen molar-refractivity contribution in [2.45, 2.75) is 32.4 Å². The molecular formula is C14H18F2N2O. The normalized spacial score (nSPS) is 17.0. The summed E-state index contributed by atoms with van der Waals surface area (Å²) in [4.78, 5) is 13.3. The molecule has 1 saturated heterocycles. The van der Waals surface area contributed by atoms with Crippen LogP contribution in [0, 0.1) is 11.6 Å². The van der Waals surface area contributed by atoms with E-state index in [0.717, 1.165) is 19.0 Å². The summed E-state index contributed by atoms with van der Waals surface area (Å²) in [5.41, 5.74) is 0.431. The molecule has 1 N–H and O–H groups in total. The molecule has 104 valence electrons. The molecule has 1 atom stereocenters. The molecule has 1 heterocycles. The molecule has 0 aromatic heterocycles. The molecule has 1 fully saturated rings. The van der Waals surface area contributed by atoms with Gasteiger partial charge in [-0.15, -0.1) is 0 Å². The SMILES string of the molecule is CC(CN1CCCC1=O)NCc1ccc(F)cc1F. The van der Waals surface area contributed by atoms with E-state index in [4.69, 9.17) is 0 Å². The Morgan fingerprint density at radius 1 is 1.42 bits per heavy atom. The highest BCUT2D eigenvalue weighted by Gasteiger charge is 2.21. The van der Waals surface area contributed by atoms with Crippen LogP contribution in [0.25, 0.3) is 0 Å². The Kier molecular flexibility index (Phi) is 4.47. The third-order valence-electron chi connectivity index (χ3n) is 3.32. The first-order valence-corrected chi connectivity index (χ1v) is 6.51. The molecule has 1 aliphatic heterocycles. The van der Waals surface area contributed by atoms with Crippen molar-refractivity contribution in [3.63, 3.8) is 0 Å². The number of benzene rings is 1. The molecule has 0 bridgehead atoms. The predicted octanol–water partition coefficient (Wildman–Crippen LogP) is 2.07. The summed E-state index contributed by atoms with van der Waals surface area (Å²) in [6.45, 7) is 3.71. The van der Waals surface area contributed by atoms with Crippen molar-refractivity contribution >= 4 is 5.91 Å². The average molecular weight is 268 g/mol. The highest BCUT2D eigenvalue weighted by Crippen LogP contribution is 2.11. The topological polar surface area (TPSA) is 32.3 Å². The minimum atomic E-state index is -0.572. The number of likely N-dealkylation sites (tertiary alicyclic amines) is 1. The van der Waals surface area contributed by atoms with Crippen LogP contribution in [0.15, 0.2) is 18.2 Å². The van der Waals surface area contributed by atoms with Crippen molar-refractivity contribution in [3.8, 4) is 0 Å². The fraction of sp³-hybridized carbons (Fsp3) is 0.500. The maximum Gasteiger partial charge on any atom is 0.222 e. The lowest BCUT2D eigenvalue weighted by atomic mass is 10.2. The van der Waals surface area contributed by atoms with Crippen molar-refractivity contribution in [1.82, 2.24) is 10.2 Å². The average Bonchev–Trinajstić information content (AvgIpc) is 2.74. The molecule has 1 unspecified atom stereocenters. The molecule has 2 rings (SSSR count). The molecule has 1 amide bonds. The van der Waals surface area contributed by atoms with E-state index < -0.39 is 11.6 Å². The molecule has 0 saturated carbocycles. The van der Waals surface area contributed by atoms with Gasteiger partial charge in [0.2, 0.25) is 5.91 Å². The second-order valence-corrected chi connectivity index (χ2v) is 4.96. The van der Waals surface area contributed by atoms with Gasteiger partial charge in [0, 0.05) is 43.7 Å². The van der Waals surface area contributed by atoms with E-state index in [2.05, 4.69) is 5.32 Å². The van der Waals surface area contributed by atoms with Gasteiger partial charge in [-0.25, -0.2) is 8.78 Å². The molecule has 1 aromatic rings. The van der Waals surface area contributed by atoms with Crippen molar-refractivity contribution in [2.75, 3.05) is 13.1 Å². The van der Waals surface area contributed by atoms with Crippen LogP contribution >= 0.6 is 0 Å². The smallest absolute Gasteiger partial charge is 0.222 e. The summed E-state index contributed by atoms with van der Waals surface area (Å²) in [7, 11) is 0. The molecule has 5 heteroatoms. The Balaban J connectivity index is 1.82. The number of nitrogens with zero attached hydrogens (tertiary/aromatic N) is 1. The molecule has 19 heavy (non-hydrogen) atoms. The van der Waals surface area contributed by atoms with Crippen molar-refractivity contribution in [2.24, 2.45) is 0 Å². The minimum absolute atomic E-state index is 0.0755. The summed E-state index contributed by atoms with van der Waals surface area (Å²) < 4.78 is 26.2. The maximum atomic E-state index is 13.4.